The molecule has 1 amide bonds. The first-order chi connectivity index (χ1) is 14.2. The normalized spacial score (nSPS) is 14.7. The number of hydrogen-bond donors (Lipinski definition) is 0. The molecule has 0 bridgehead atoms. The van der Waals surface area contributed by atoms with Crippen LogP contribution in [0.5, 0.6) is 11.5 Å². The van der Waals surface area contributed by atoms with Crippen LogP contribution in [0.25, 0.3) is 6.08 Å². The predicted octanol–water partition coefficient (Wildman–Crippen LogP) is 3.01. The number of nitrogens with zero attached hydrogens (tertiary/aromatic N) is 3. The van der Waals surface area contributed by atoms with E-state index >= 15 is 0 Å². The van der Waals surface area contributed by atoms with Crippen molar-refractivity contribution in [3.05, 3.63) is 72.6 Å². The molecule has 2 aromatic rings. The monoisotopic (exact) mass is 393 g/mol. The second-order valence-electron chi connectivity index (χ2n) is 6.81. The number of hydrogen-bond acceptors (Lipinski definition) is 5. The van der Waals surface area contributed by atoms with Gasteiger partial charge in [-0.15, -0.1) is 0 Å². The Hall–Kier alpha value is -3.12. The van der Waals surface area contributed by atoms with Crippen molar-refractivity contribution in [3.8, 4) is 11.5 Å². The molecule has 1 saturated heterocycles. The van der Waals surface area contributed by atoms with Crippen molar-refractivity contribution in [2.45, 2.75) is 6.54 Å². The van der Waals surface area contributed by atoms with Gasteiger partial charge < -0.3 is 14.4 Å². The highest BCUT2D eigenvalue weighted by Crippen LogP contribution is 2.28. The molecule has 1 aliphatic heterocycles. The van der Waals surface area contributed by atoms with Gasteiger partial charge in [-0.05, 0) is 35.4 Å². The molecule has 2 heterocycles. The molecular formula is C23H27N3O3. The maximum atomic E-state index is 12.5. The summed E-state index contributed by atoms with van der Waals surface area (Å²) in [5.41, 5.74) is 2.08. The molecule has 0 radical (unpaired) electrons. The largest absolute Gasteiger partial charge is 0.493 e. The third-order valence-electron chi connectivity index (χ3n) is 4.78. The molecular weight excluding hydrogens is 366 g/mol. The molecule has 0 atom stereocenters. The van der Waals surface area contributed by atoms with Crippen molar-refractivity contribution in [3.63, 3.8) is 0 Å². The average molecular weight is 393 g/mol. The lowest BCUT2D eigenvalue weighted by Crippen LogP contribution is -2.47. The maximum Gasteiger partial charge on any atom is 0.246 e. The summed E-state index contributed by atoms with van der Waals surface area (Å²) in [5, 5.41) is 0. The number of amides is 1. The molecule has 0 spiro atoms. The van der Waals surface area contributed by atoms with Gasteiger partial charge in [0, 0.05) is 51.2 Å². The van der Waals surface area contributed by atoms with E-state index in [9.17, 15) is 4.79 Å². The van der Waals surface area contributed by atoms with E-state index in [2.05, 4.69) is 22.5 Å². The van der Waals surface area contributed by atoms with Gasteiger partial charge in [0.25, 0.3) is 0 Å². The minimum Gasteiger partial charge on any atom is -0.493 e. The van der Waals surface area contributed by atoms with E-state index in [4.69, 9.17) is 9.47 Å². The summed E-state index contributed by atoms with van der Waals surface area (Å²) < 4.78 is 10.9. The summed E-state index contributed by atoms with van der Waals surface area (Å²) in [4.78, 5) is 20.9. The molecule has 0 aliphatic carbocycles. The Morgan fingerprint density at radius 2 is 2.03 bits per heavy atom. The van der Waals surface area contributed by atoms with E-state index in [0.29, 0.717) is 18.1 Å². The molecule has 1 aromatic carbocycles. The van der Waals surface area contributed by atoms with E-state index in [0.717, 1.165) is 38.3 Å². The minimum atomic E-state index is 0.0250. The molecule has 1 fully saturated rings. The SMILES string of the molecule is C=CCOc1ccc(/C=C/C(=O)N2CCN(Cc3cccnc3)CC2)cc1OC. The quantitative estimate of drug-likeness (QED) is 0.510. The van der Waals surface area contributed by atoms with Crippen LogP contribution in [-0.4, -0.2) is 60.6 Å². The van der Waals surface area contributed by atoms with Crippen molar-refractivity contribution < 1.29 is 14.3 Å². The number of carbonyl (C=O) groups is 1. The fourth-order valence-electron chi connectivity index (χ4n) is 3.20. The van der Waals surface area contributed by atoms with Crippen LogP contribution in [-0.2, 0) is 11.3 Å². The second kappa shape index (κ2) is 10.4. The van der Waals surface area contributed by atoms with Crippen LogP contribution in [0.2, 0.25) is 0 Å². The Morgan fingerprint density at radius 1 is 1.21 bits per heavy atom. The molecule has 6 nitrogen and oxygen atoms in total. The van der Waals surface area contributed by atoms with Gasteiger partial charge in [-0.3, -0.25) is 14.7 Å². The van der Waals surface area contributed by atoms with Crippen LogP contribution in [0.15, 0.2) is 61.5 Å². The first kappa shape index (κ1) is 20.6. The van der Waals surface area contributed by atoms with E-state index in [1.54, 1.807) is 25.5 Å². The van der Waals surface area contributed by atoms with Crippen molar-refractivity contribution in [2.24, 2.45) is 0 Å². The topological polar surface area (TPSA) is 54.9 Å². The molecule has 0 unspecified atom stereocenters. The number of methoxy groups -OCH3 is 1. The molecule has 1 aliphatic rings. The summed E-state index contributed by atoms with van der Waals surface area (Å²) in [5.74, 6) is 1.31. The molecule has 6 heteroatoms. The number of aromatic nitrogens is 1. The zero-order chi connectivity index (χ0) is 20.5. The van der Waals surface area contributed by atoms with Crippen molar-refractivity contribution in [1.82, 2.24) is 14.8 Å². The number of benzene rings is 1. The Bertz CT molecular complexity index is 844. The van der Waals surface area contributed by atoms with E-state index in [1.807, 2.05) is 41.4 Å². The smallest absolute Gasteiger partial charge is 0.246 e. The summed E-state index contributed by atoms with van der Waals surface area (Å²) in [7, 11) is 1.60. The molecule has 152 valence electrons. The van der Waals surface area contributed by atoms with Gasteiger partial charge in [0.1, 0.15) is 6.61 Å². The Kier molecular flexibility index (Phi) is 7.41. The Balaban J connectivity index is 1.52. The first-order valence-corrected chi connectivity index (χ1v) is 9.69. The number of ether oxygens (including phenoxy) is 2. The van der Waals surface area contributed by atoms with E-state index in [-0.39, 0.29) is 5.91 Å². The lowest BCUT2D eigenvalue weighted by molar-refractivity contribution is -0.127. The van der Waals surface area contributed by atoms with Gasteiger partial charge >= 0.3 is 0 Å². The Morgan fingerprint density at radius 3 is 2.72 bits per heavy atom. The van der Waals surface area contributed by atoms with Crippen LogP contribution in [0.4, 0.5) is 0 Å². The van der Waals surface area contributed by atoms with E-state index < -0.39 is 0 Å². The second-order valence-corrected chi connectivity index (χ2v) is 6.81. The van der Waals surface area contributed by atoms with Gasteiger partial charge in [-0.1, -0.05) is 24.8 Å². The molecule has 0 N–H and O–H groups in total. The average Bonchev–Trinajstić information content (AvgIpc) is 2.77. The van der Waals surface area contributed by atoms with Crippen molar-refractivity contribution >= 4 is 12.0 Å². The fraction of sp³-hybridized carbons (Fsp3) is 0.304. The third kappa shape index (κ3) is 5.93. The maximum absolute atomic E-state index is 12.5. The van der Waals surface area contributed by atoms with Gasteiger partial charge in [0.15, 0.2) is 11.5 Å². The fourth-order valence-corrected chi connectivity index (χ4v) is 3.20. The van der Waals surface area contributed by atoms with Crippen LogP contribution in [0.3, 0.4) is 0 Å². The molecule has 1 aromatic heterocycles. The van der Waals surface area contributed by atoms with Crippen molar-refractivity contribution in [1.29, 1.82) is 0 Å². The summed E-state index contributed by atoms with van der Waals surface area (Å²) in [6, 6.07) is 9.62. The number of piperazine rings is 1. The number of pyridine rings is 1. The lowest BCUT2D eigenvalue weighted by Gasteiger charge is -2.34. The van der Waals surface area contributed by atoms with Gasteiger partial charge in [-0.2, -0.15) is 0 Å². The Labute approximate surface area is 172 Å². The molecule has 29 heavy (non-hydrogen) atoms. The zero-order valence-corrected chi connectivity index (χ0v) is 16.8. The summed E-state index contributed by atoms with van der Waals surface area (Å²) >= 11 is 0. The third-order valence-corrected chi connectivity index (χ3v) is 4.78. The standard InChI is InChI=1S/C23H27N3O3/c1-3-15-29-21-8-6-19(16-22(21)28-2)7-9-23(27)26-13-11-25(12-14-26)18-20-5-4-10-24-17-20/h3-10,16-17H,1,11-15,18H2,2H3/b9-7+. The summed E-state index contributed by atoms with van der Waals surface area (Å²) in [6.45, 7) is 8.09. The predicted molar refractivity (Wildman–Crippen MR) is 114 cm³/mol. The summed E-state index contributed by atoms with van der Waals surface area (Å²) in [6.07, 6.45) is 8.79. The minimum absolute atomic E-state index is 0.0250. The first-order valence-electron chi connectivity index (χ1n) is 9.69. The molecule has 3 rings (SSSR count). The van der Waals surface area contributed by atoms with Crippen LogP contribution >= 0.6 is 0 Å². The van der Waals surface area contributed by atoms with Crippen LogP contribution < -0.4 is 9.47 Å². The lowest BCUT2D eigenvalue weighted by atomic mass is 10.1. The highest BCUT2D eigenvalue weighted by Gasteiger charge is 2.19. The van der Waals surface area contributed by atoms with Crippen LogP contribution in [0, 0.1) is 0 Å². The van der Waals surface area contributed by atoms with Gasteiger partial charge in [0.2, 0.25) is 5.91 Å². The van der Waals surface area contributed by atoms with Gasteiger partial charge in [-0.25, -0.2) is 0 Å². The highest BCUT2D eigenvalue weighted by molar-refractivity contribution is 5.92. The number of carbonyl (C=O) groups excluding carboxylic acids is 1. The molecule has 0 saturated carbocycles. The van der Waals surface area contributed by atoms with Crippen molar-refractivity contribution in [2.75, 3.05) is 39.9 Å². The zero-order valence-electron chi connectivity index (χ0n) is 16.8. The van der Waals surface area contributed by atoms with Gasteiger partial charge in [0.05, 0.1) is 7.11 Å². The van der Waals surface area contributed by atoms with Crippen LogP contribution in [0.1, 0.15) is 11.1 Å². The van der Waals surface area contributed by atoms with E-state index in [1.165, 1.54) is 5.56 Å². The highest BCUT2D eigenvalue weighted by atomic mass is 16.5. The number of rotatable bonds is 8.